The van der Waals surface area contributed by atoms with E-state index in [2.05, 4.69) is 25.9 Å². The quantitative estimate of drug-likeness (QED) is 0.202. The van der Waals surface area contributed by atoms with Crippen LogP contribution in [0.3, 0.4) is 0 Å². The summed E-state index contributed by atoms with van der Waals surface area (Å²) in [6.45, 7) is 0. The van der Waals surface area contributed by atoms with E-state index in [4.69, 9.17) is 0 Å². The number of ketones is 1. The summed E-state index contributed by atoms with van der Waals surface area (Å²) in [5.74, 6) is 0.0500. The predicted molar refractivity (Wildman–Crippen MR) is 112 cm³/mol. The molecule has 7 heteroatoms. The van der Waals surface area contributed by atoms with Crippen LogP contribution in [-0.2, 0) is 0 Å². The number of rotatable bonds is 5. The van der Waals surface area contributed by atoms with Gasteiger partial charge in [0.15, 0.2) is 5.78 Å². The molecule has 0 fully saturated rings. The van der Waals surface area contributed by atoms with Crippen LogP contribution in [0.25, 0.3) is 21.3 Å². The van der Waals surface area contributed by atoms with Crippen LogP contribution >= 0.6 is 39.0 Å². The minimum atomic E-state index is -0.274. The average molecular weight is 459 g/mol. The maximum absolute atomic E-state index is 13.3. The van der Waals surface area contributed by atoms with E-state index in [0.717, 1.165) is 30.8 Å². The van der Waals surface area contributed by atoms with E-state index in [0.29, 0.717) is 5.56 Å². The van der Waals surface area contributed by atoms with Gasteiger partial charge in [0.2, 0.25) is 0 Å². The average Bonchev–Trinajstić information content (AvgIpc) is 3.12. The Morgan fingerprint density at radius 2 is 1.81 bits per heavy atom. The van der Waals surface area contributed by atoms with E-state index in [9.17, 15) is 9.18 Å². The van der Waals surface area contributed by atoms with Crippen molar-refractivity contribution in [2.75, 3.05) is 5.75 Å². The number of hydrogen-bond donors (Lipinski definition) is 0. The topological polar surface area (TPSA) is 42.9 Å². The van der Waals surface area contributed by atoms with Gasteiger partial charge in [-0.2, -0.15) is 0 Å². The highest BCUT2D eigenvalue weighted by Gasteiger charge is 2.15. The van der Waals surface area contributed by atoms with Gasteiger partial charge < -0.3 is 0 Å². The fourth-order valence-electron chi connectivity index (χ4n) is 2.65. The highest BCUT2D eigenvalue weighted by Crippen LogP contribution is 2.38. The highest BCUT2D eigenvalue weighted by molar-refractivity contribution is 9.10. The maximum Gasteiger partial charge on any atom is 0.173 e. The van der Waals surface area contributed by atoms with Gasteiger partial charge in [0, 0.05) is 21.0 Å². The van der Waals surface area contributed by atoms with Crippen molar-refractivity contribution in [1.29, 1.82) is 0 Å². The van der Waals surface area contributed by atoms with Gasteiger partial charge in [0.1, 0.15) is 22.0 Å². The number of thiophene rings is 1. The molecule has 0 saturated heterocycles. The first kappa shape index (κ1) is 18.3. The smallest absolute Gasteiger partial charge is 0.173 e. The lowest BCUT2D eigenvalue weighted by molar-refractivity contribution is 0.102. The monoisotopic (exact) mass is 458 g/mol. The molecule has 134 valence electrons. The minimum absolute atomic E-state index is 0.0397. The lowest BCUT2D eigenvalue weighted by Crippen LogP contribution is -2.02. The third kappa shape index (κ3) is 3.95. The Bertz CT molecular complexity index is 1110. The summed E-state index contributed by atoms with van der Waals surface area (Å²) in [6, 6.07) is 13.7. The second-order valence-electron chi connectivity index (χ2n) is 5.73. The Morgan fingerprint density at radius 1 is 1.07 bits per heavy atom. The second kappa shape index (κ2) is 7.88. The molecule has 2 heterocycles. The molecule has 2 aromatic heterocycles. The zero-order valence-corrected chi connectivity index (χ0v) is 17.1. The number of carbonyl (C=O) groups excluding carboxylic acids is 1. The molecule has 0 saturated carbocycles. The number of hydrogen-bond acceptors (Lipinski definition) is 5. The van der Waals surface area contributed by atoms with Crippen LogP contribution < -0.4 is 0 Å². The normalized spacial score (nSPS) is 11.0. The Balaban J connectivity index is 1.64. The molecule has 4 aromatic rings. The van der Waals surface area contributed by atoms with E-state index in [-0.39, 0.29) is 17.4 Å². The lowest BCUT2D eigenvalue weighted by Gasteiger charge is -2.05. The number of Topliss-reactive ketones (excluding diaryl/α,β-unsaturated/α-hetero) is 1. The molecule has 27 heavy (non-hydrogen) atoms. The number of benzene rings is 2. The van der Waals surface area contributed by atoms with Crippen molar-refractivity contribution in [2.24, 2.45) is 0 Å². The third-order valence-corrected chi connectivity index (χ3v) is 6.40. The van der Waals surface area contributed by atoms with Crippen molar-refractivity contribution < 1.29 is 9.18 Å². The van der Waals surface area contributed by atoms with E-state index < -0.39 is 0 Å². The van der Waals surface area contributed by atoms with Crippen molar-refractivity contribution in [1.82, 2.24) is 9.97 Å². The van der Waals surface area contributed by atoms with Gasteiger partial charge in [-0.1, -0.05) is 52.0 Å². The van der Waals surface area contributed by atoms with E-state index in [1.54, 1.807) is 24.3 Å². The standard InChI is InChI=1S/C20H12BrFN2OS2/c21-14-5-1-13(2-6-14)17(25)10-27-20-18-16(9-26-19(18)23-11-24-20)12-3-7-15(22)8-4-12/h1-9,11H,10H2. The van der Waals surface area contributed by atoms with Gasteiger partial charge in [0.05, 0.1) is 11.1 Å². The minimum Gasteiger partial charge on any atom is -0.293 e. The molecule has 0 spiro atoms. The van der Waals surface area contributed by atoms with Crippen LogP contribution in [0.5, 0.6) is 0 Å². The molecule has 0 amide bonds. The zero-order chi connectivity index (χ0) is 18.8. The SMILES string of the molecule is O=C(CSc1ncnc2scc(-c3ccc(F)cc3)c12)c1ccc(Br)cc1. The van der Waals surface area contributed by atoms with Crippen LogP contribution in [0.15, 0.2) is 69.7 Å². The molecule has 0 aliphatic rings. The Kier molecular flexibility index (Phi) is 5.33. The summed E-state index contributed by atoms with van der Waals surface area (Å²) in [4.78, 5) is 22.0. The van der Waals surface area contributed by atoms with E-state index >= 15 is 0 Å². The summed E-state index contributed by atoms with van der Waals surface area (Å²) in [5.41, 5.74) is 2.52. The largest absolute Gasteiger partial charge is 0.293 e. The predicted octanol–water partition coefficient (Wildman–Crippen LogP) is 6.23. The molecule has 0 bridgehead atoms. The molecule has 3 nitrogen and oxygen atoms in total. The van der Waals surface area contributed by atoms with Crippen molar-refractivity contribution in [2.45, 2.75) is 5.03 Å². The summed E-state index contributed by atoms with van der Waals surface area (Å²) < 4.78 is 14.2. The molecular formula is C20H12BrFN2OS2. The number of fused-ring (bicyclic) bond motifs is 1. The van der Waals surface area contributed by atoms with Gasteiger partial charge >= 0.3 is 0 Å². The summed E-state index contributed by atoms with van der Waals surface area (Å²) in [7, 11) is 0. The van der Waals surface area contributed by atoms with Crippen LogP contribution in [0, 0.1) is 5.82 Å². The van der Waals surface area contributed by atoms with Crippen molar-refractivity contribution in [3.8, 4) is 11.1 Å². The number of carbonyl (C=O) groups is 1. The van der Waals surface area contributed by atoms with Gasteiger partial charge in [-0.3, -0.25) is 4.79 Å². The number of nitrogens with zero attached hydrogens (tertiary/aromatic N) is 2. The number of thioether (sulfide) groups is 1. The Hall–Kier alpha value is -2.09. The molecule has 0 aliphatic carbocycles. The summed E-state index contributed by atoms with van der Waals surface area (Å²) >= 11 is 6.28. The second-order valence-corrected chi connectivity index (χ2v) is 8.47. The molecule has 0 radical (unpaired) electrons. The van der Waals surface area contributed by atoms with Crippen LogP contribution in [0.1, 0.15) is 10.4 Å². The van der Waals surface area contributed by atoms with Gasteiger partial charge in [-0.25, -0.2) is 14.4 Å². The molecule has 4 rings (SSSR count). The van der Waals surface area contributed by atoms with E-state index in [1.165, 1.54) is 41.6 Å². The van der Waals surface area contributed by atoms with Crippen molar-refractivity contribution in [3.05, 3.63) is 76.1 Å². The third-order valence-electron chi connectivity index (χ3n) is 4.00. The first-order valence-electron chi connectivity index (χ1n) is 8.01. The molecule has 0 N–H and O–H groups in total. The fraction of sp³-hybridized carbons (Fsp3) is 0.0500. The molecule has 0 unspecified atom stereocenters. The van der Waals surface area contributed by atoms with E-state index in [1.807, 2.05) is 17.5 Å². The number of aromatic nitrogens is 2. The van der Waals surface area contributed by atoms with Crippen molar-refractivity contribution >= 4 is 55.0 Å². The fourth-order valence-corrected chi connectivity index (χ4v) is 4.80. The maximum atomic E-state index is 13.3. The lowest BCUT2D eigenvalue weighted by atomic mass is 10.1. The zero-order valence-electron chi connectivity index (χ0n) is 13.9. The van der Waals surface area contributed by atoms with Gasteiger partial charge in [0.25, 0.3) is 0 Å². The van der Waals surface area contributed by atoms with Gasteiger partial charge in [-0.15, -0.1) is 11.3 Å². The van der Waals surface area contributed by atoms with Gasteiger partial charge in [-0.05, 0) is 29.8 Å². The molecule has 0 aliphatic heterocycles. The Morgan fingerprint density at radius 3 is 2.56 bits per heavy atom. The van der Waals surface area contributed by atoms with Crippen molar-refractivity contribution in [3.63, 3.8) is 0 Å². The molecule has 0 atom stereocenters. The molecule has 2 aromatic carbocycles. The summed E-state index contributed by atoms with van der Waals surface area (Å²) in [6.07, 6.45) is 1.51. The Labute approximate surface area is 171 Å². The first-order chi connectivity index (χ1) is 13.1. The number of halogens is 2. The highest BCUT2D eigenvalue weighted by atomic mass is 79.9. The van der Waals surface area contributed by atoms with Crippen LogP contribution in [0.4, 0.5) is 4.39 Å². The van der Waals surface area contributed by atoms with Crippen LogP contribution in [-0.4, -0.2) is 21.5 Å². The summed E-state index contributed by atoms with van der Waals surface area (Å²) in [5, 5.41) is 3.65. The van der Waals surface area contributed by atoms with Crippen LogP contribution in [0.2, 0.25) is 0 Å². The molecular weight excluding hydrogens is 447 g/mol. The first-order valence-corrected chi connectivity index (χ1v) is 10.7.